The molecule has 1 aliphatic rings. The zero-order valence-electron chi connectivity index (χ0n) is 15.5. The Labute approximate surface area is 167 Å². The Hall–Kier alpha value is -2.39. The van der Waals surface area contributed by atoms with Crippen LogP contribution >= 0.6 is 0 Å². The van der Waals surface area contributed by atoms with Crippen molar-refractivity contribution in [3.05, 3.63) is 65.2 Å². The number of carbonyl (C=O) groups excluding carboxylic acids is 1. The molecule has 1 fully saturated rings. The van der Waals surface area contributed by atoms with E-state index in [9.17, 15) is 26.4 Å². The van der Waals surface area contributed by atoms with Crippen molar-refractivity contribution < 1.29 is 31.1 Å². The van der Waals surface area contributed by atoms with Gasteiger partial charge in [-0.05, 0) is 54.8 Å². The number of rotatable bonds is 5. The van der Waals surface area contributed by atoms with Gasteiger partial charge < -0.3 is 4.74 Å². The van der Waals surface area contributed by atoms with E-state index in [0.29, 0.717) is 13.1 Å². The van der Waals surface area contributed by atoms with E-state index in [0.717, 1.165) is 31.4 Å². The van der Waals surface area contributed by atoms with Gasteiger partial charge in [0.1, 0.15) is 6.61 Å². The Morgan fingerprint density at radius 3 is 2.28 bits per heavy atom. The number of halogens is 3. The average Bonchev–Trinajstić information content (AvgIpc) is 2.72. The predicted molar refractivity (Wildman–Crippen MR) is 99.6 cm³/mol. The van der Waals surface area contributed by atoms with Crippen LogP contribution in [-0.4, -0.2) is 31.8 Å². The highest BCUT2D eigenvalue weighted by Crippen LogP contribution is 2.29. The number of sulfonamides is 1. The highest BCUT2D eigenvalue weighted by molar-refractivity contribution is 7.89. The second-order valence-electron chi connectivity index (χ2n) is 6.76. The topological polar surface area (TPSA) is 63.7 Å². The van der Waals surface area contributed by atoms with Crippen molar-refractivity contribution in [2.75, 3.05) is 13.1 Å². The molecule has 0 spiro atoms. The van der Waals surface area contributed by atoms with Crippen molar-refractivity contribution in [2.24, 2.45) is 0 Å². The molecular weight excluding hydrogens is 407 g/mol. The molecule has 0 aliphatic carbocycles. The molecule has 0 bridgehead atoms. The Morgan fingerprint density at radius 2 is 1.66 bits per heavy atom. The monoisotopic (exact) mass is 427 g/mol. The van der Waals surface area contributed by atoms with E-state index < -0.39 is 27.7 Å². The van der Waals surface area contributed by atoms with Crippen LogP contribution in [0.1, 0.15) is 40.7 Å². The van der Waals surface area contributed by atoms with Gasteiger partial charge in [-0.2, -0.15) is 17.5 Å². The summed E-state index contributed by atoms with van der Waals surface area (Å²) in [6, 6.07) is 9.88. The number of ether oxygens (including phenoxy) is 1. The van der Waals surface area contributed by atoms with Gasteiger partial charge in [-0.15, -0.1) is 0 Å². The second kappa shape index (κ2) is 8.54. The van der Waals surface area contributed by atoms with Gasteiger partial charge in [0.15, 0.2) is 0 Å². The third-order valence-corrected chi connectivity index (χ3v) is 6.58. The summed E-state index contributed by atoms with van der Waals surface area (Å²) < 4.78 is 69.9. The lowest BCUT2D eigenvalue weighted by atomic mass is 10.1. The third kappa shape index (κ3) is 5.16. The molecule has 156 valence electrons. The maximum Gasteiger partial charge on any atom is 0.416 e. The maximum atomic E-state index is 12.7. The van der Waals surface area contributed by atoms with Crippen molar-refractivity contribution in [2.45, 2.75) is 36.9 Å². The summed E-state index contributed by atoms with van der Waals surface area (Å²) in [5.41, 5.74) is -0.495. The first-order valence-corrected chi connectivity index (χ1v) is 10.6. The number of piperidine rings is 1. The molecule has 0 N–H and O–H groups in total. The summed E-state index contributed by atoms with van der Waals surface area (Å²) in [7, 11) is -3.60. The highest BCUT2D eigenvalue weighted by atomic mass is 32.2. The van der Waals surface area contributed by atoms with E-state index in [1.807, 2.05) is 0 Å². The molecule has 0 atom stereocenters. The molecular formula is C20H20F3NO4S. The van der Waals surface area contributed by atoms with E-state index >= 15 is 0 Å². The first-order chi connectivity index (χ1) is 13.7. The molecule has 0 amide bonds. The summed E-state index contributed by atoms with van der Waals surface area (Å²) in [6.07, 6.45) is -1.84. The fraction of sp³-hybridized carbons (Fsp3) is 0.350. The van der Waals surface area contributed by atoms with Crippen molar-refractivity contribution in [3.8, 4) is 0 Å². The van der Waals surface area contributed by atoms with Crippen LogP contribution in [0.2, 0.25) is 0 Å². The van der Waals surface area contributed by atoms with E-state index in [1.165, 1.54) is 40.7 Å². The van der Waals surface area contributed by atoms with Crippen LogP contribution in [0, 0.1) is 0 Å². The van der Waals surface area contributed by atoms with Crippen LogP contribution in [0.4, 0.5) is 13.2 Å². The Bertz CT molecular complexity index is 966. The minimum absolute atomic E-state index is 0.0915. The van der Waals surface area contributed by atoms with Crippen molar-refractivity contribution in [1.29, 1.82) is 0 Å². The average molecular weight is 427 g/mol. The minimum atomic E-state index is -4.48. The van der Waals surface area contributed by atoms with Gasteiger partial charge in [-0.3, -0.25) is 0 Å². The first-order valence-electron chi connectivity index (χ1n) is 9.11. The largest absolute Gasteiger partial charge is 0.457 e. The Morgan fingerprint density at radius 1 is 1.00 bits per heavy atom. The molecule has 3 rings (SSSR count). The highest BCUT2D eigenvalue weighted by Gasteiger charge is 2.30. The zero-order valence-corrected chi connectivity index (χ0v) is 16.3. The molecule has 5 nitrogen and oxygen atoms in total. The fourth-order valence-electron chi connectivity index (χ4n) is 3.09. The Kier molecular flexibility index (Phi) is 6.28. The summed E-state index contributed by atoms with van der Waals surface area (Å²) in [6.45, 7) is 0.628. The van der Waals surface area contributed by atoms with Gasteiger partial charge >= 0.3 is 12.1 Å². The number of hydrogen-bond acceptors (Lipinski definition) is 4. The smallest absolute Gasteiger partial charge is 0.416 e. The molecule has 2 aromatic rings. The number of esters is 1. The molecule has 1 heterocycles. The molecule has 1 saturated heterocycles. The standard InChI is InChI=1S/C20H20F3NO4S/c21-20(22,23)17-6-4-5-15(13-17)14-28-19(25)16-7-9-18(10-8-16)29(26,27)24-11-2-1-3-12-24/h4-10,13H,1-3,11-12,14H2. The lowest BCUT2D eigenvalue weighted by Gasteiger charge is -2.25. The van der Waals surface area contributed by atoms with Crippen LogP contribution in [0.5, 0.6) is 0 Å². The summed E-state index contributed by atoms with van der Waals surface area (Å²) in [4.78, 5) is 12.2. The van der Waals surface area contributed by atoms with Crippen molar-refractivity contribution in [1.82, 2.24) is 4.31 Å². The van der Waals surface area contributed by atoms with Crippen LogP contribution in [0.25, 0.3) is 0 Å². The minimum Gasteiger partial charge on any atom is -0.457 e. The van der Waals surface area contributed by atoms with Crippen LogP contribution in [0.15, 0.2) is 53.4 Å². The van der Waals surface area contributed by atoms with Gasteiger partial charge in [0.25, 0.3) is 0 Å². The van der Waals surface area contributed by atoms with Crippen molar-refractivity contribution >= 4 is 16.0 Å². The van der Waals surface area contributed by atoms with E-state index in [4.69, 9.17) is 4.74 Å². The lowest BCUT2D eigenvalue weighted by molar-refractivity contribution is -0.137. The zero-order chi connectivity index (χ0) is 21.1. The Balaban J connectivity index is 1.65. The van der Waals surface area contributed by atoms with Crippen LogP contribution in [0.3, 0.4) is 0 Å². The summed E-state index contributed by atoms with van der Waals surface area (Å²) in [5.74, 6) is -0.746. The fourth-order valence-corrected chi connectivity index (χ4v) is 4.60. The van der Waals surface area contributed by atoms with Crippen LogP contribution in [-0.2, 0) is 27.5 Å². The van der Waals surface area contributed by atoms with Gasteiger partial charge in [0.05, 0.1) is 16.0 Å². The second-order valence-corrected chi connectivity index (χ2v) is 8.70. The molecule has 0 unspecified atom stereocenters. The quantitative estimate of drug-likeness (QED) is 0.670. The molecule has 2 aromatic carbocycles. The number of benzene rings is 2. The van der Waals surface area contributed by atoms with Crippen molar-refractivity contribution in [3.63, 3.8) is 0 Å². The van der Waals surface area contributed by atoms with Gasteiger partial charge in [0, 0.05) is 13.1 Å². The predicted octanol–water partition coefficient (Wildman–Crippen LogP) is 4.24. The SMILES string of the molecule is O=C(OCc1cccc(C(F)(F)F)c1)c1ccc(S(=O)(=O)N2CCCCC2)cc1. The first kappa shape index (κ1) is 21.3. The molecule has 0 radical (unpaired) electrons. The van der Waals surface area contributed by atoms with E-state index in [2.05, 4.69) is 0 Å². The molecule has 0 saturated carbocycles. The normalized spacial score (nSPS) is 15.8. The van der Waals surface area contributed by atoms with E-state index in [1.54, 1.807) is 0 Å². The van der Waals surface area contributed by atoms with Gasteiger partial charge in [-0.1, -0.05) is 18.6 Å². The molecule has 1 aliphatic heterocycles. The molecule has 0 aromatic heterocycles. The number of alkyl halides is 3. The lowest BCUT2D eigenvalue weighted by Crippen LogP contribution is -2.35. The number of carbonyl (C=O) groups is 1. The number of nitrogens with zero attached hydrogens (tertiary/aromatic N) is 1. The van der Waals surface area contributed by atoms with E-state index in [-0.39, 0.29) is 22.6 Å². The van der Waals surface area contributed by atoms with Crippen LogP contribution < -0.4 is 0 Å². The molecule has 9 heteroatoms. The maximum absolute atomic E-state index is 12.7. The summed E-state index contributed by atoms with van der Waals surface area (Å²) >= 11 is 0. The van der Waals surface area contributed by atoms with Gasteiger partial charge in [-0.25, -0.2) is 13.2 Å². The van der Waals surface area contributed by atoms with Gasteiger partial charge in [0.2, 0.25) is 10.0 Å². The number of hydrogen-bond donors (Lipinski definition) is 0. The third-order valence-electron chi connectivity index (χ3n) is 4.67. The summed E-state index contributed by atoms with van der Waals surface area (Å²) in [5, 5.41) is 0. The molecule has 29 heavy (non-hydrogen) atoms.